The van der Waals surface area contributed by atoms with E-state index in [4.69, 9.17) is 0 Å². The summed E-state index contributed by atoms with van der Waals surface area (Å²) in [5.41, 5.74) is 2.45. The minimum absolute atomic E-state index is 0.267. The summed E-state index contributed by atoms with van der Waals surface area (Å²) in [6.45, 7) is 4.57. The Bertz CT molecular complexity index is 449. The molecule has 3 aliphatic carbocycles. The first-order valence-electron chi connectivity index (χ1n) is 6.38. The Morgan fingerprint density at radius 3 is 2.82 bits per heavy atom. The number of pyridine rings is 1. The fourth-order valence-corrected chi connectivity index (χ4v) is 3.40. The molecule has 0 saturated heterocycles. The first kappa shape index (κ1) is 11.0. The Hall–Kier alpha value is -1.15. The van der Waals surface area contributed by atoms with E-state index in [1.54, 1.807) is 6.20 Å². The number of aromatic nitrogens is 1. The molecule has 4 rings (SSSR count). The average molecular weight is 229 g/mol. The maximum atomic E-state index is 10.4. The van der Waals surface area contributed by atoms with Gasteiger partial charge in [-0.05, 0) is 53.9 Å². The molecule has 1 aromatic heterocycles. The first-order valence-corrected chi connectivity index (χ1v) is 6.38. The second kappa shape index (κ2) is 3.67. The van der Waals surface area contributed by atoms with Gasteiger partial charge in [0.25, 0.3) is 0 Å². The summed E-state index contributed by atoms with van der Waals surface area (Å²) in [6, 6.07) is 5.89. The lowest BCUT2D eigenvalue weighted by Gasteiger charge is -2.59. The minimum atomic E-state index is -0.267. The maximum Gasteiger partial charge on any atom is 0.0787 e. The number of rotatable bonds is 1. The van der Waals surface area contributed by atoms with Gasteiger partial charge in [-0.3, -0.25) is 4.98 Å². The zero-order valence-corrected chi connectivity index (χ0v) is 10.4. The van der Waals surface area contributed by atoms with Gasteiger partial charge in [0.1, 0.15) is 0 Å². The van der Waals surface area contributed by atoms with Crippen LogP contribution < -0.4 is 0 Å². The molecule has 0 unspecified atom stereocenters. The van der Waals surface area contributed by atoms with Gasteiger partial charge in [0.15, 0.2) is 0 Å². The SMILES string of the molecule is CC1(C)[C@H]2C/C(=C\c3ccccn3)[C@@H](O)[C@@H]1C2. The number of nitrogens with zero attached hydrogens (tertiary/aromatic N) is 1. The average Bonchev–Trinajstić information content (AvgIpc) is 2.32. The minimum Gasteiger partial charge on any atom is -0.388 e. The molecule has 3 aliphatic rings. The maximum absolute atomic E-state index is 10.4. The number of aliphatic hydroxyl groups excluding tert-OH is 1. The second-order valence-corrected chi connectivity index (χ2v) is 5.98. The summed E-state index contributed by atoms with van der Waals surface area (Å²) in [6.07, 6.45) is 5.82. The van der Waals surface area contributed by atoms with Gasteiger partial charge in [-0.1, -0.05) is 19.9 Å². The second-order valence-electron chi connectivity index (χ2n) is 5.98. The van der Waals surface area contributed by atoms with Crippen molar-refractivity contribution in [3.8, 4) is 0 Å². The normalized spacial score (nSPS) is 36.6. The van der Waals surface area contributed by atoms with Gasteiger partial charge < -0.3 is 5.11 Å². The number of hydrogen-bond donors (Lipinski definition) is 1. The molecule has 3 saturated carbocycles. The Labute approximate surface area is 102 Å². The lowest BCUT2D eigenvalue weighted by Crippen LogP contribution is -2.55. The molecule has 2 nitrogen and oxygen atoms in total. The number of fused-ring (bicyclic) bond motifs is 2. The van der Waals surface area contributed by atoms with E-state index >= 15 is 0 Å². The van der Waals surface area contributed by atoms with Crippen LogP contribution in [0.2, 0.25) is 0 Å². The van der Waals surface area contributed by atoms with Crippen molar-refractivity contribution < 1.29 is 5.11 Å². The molecule has 3 fully saturated rings. The zero-order chi connectivity index (χ0) is 12.0. The largest absolute Gasteiger partial charge is 0.388 e. The topological polar surface area (TPSA) is 33.1 Å². The molecular formula is C15H19NO. The predicted octanol–water partition coefficient (Wildman–Crippen LogP) is 2.89. The van der Waals surface area contributed by atoms with Crippen LogP contribution in [0.5, 0.6) is 0 Å². The van der Waals surface area contributed by atoms with Crippen LogP contribution in [0.3, 0.4) is 0 Å². The van der Waals surface area contributed by atoms with E-state index in [1.165, 1.54) is 12.0 Å². The molecule has 3 atom stereocenters. The molecule has 2 heteroatoms. The fraction of sp³-hybridized carbons (Fsp3) is 0.533. The highest BCUT2D eigenvalue weighted by molar-refractivity contribution is 5.51. The van der Waals surface area contributed by atoms with Crippen LogP contribution in [0.25, 0.3) is 6.08 Å². The zero-order valence-electron chi connectivity index (χ0n) is 10.4. The van der Waals surface area contributed by atoms with Gasteiger partial charge in [-0.15, -0.1) is 0 Å². The van der Waals surface area contributed by atoms with Gasteiger partial charge in [0, 0.05) is 6.20 Å². The van der Waals surface area contributed by atoms with Crippen molar-refractivity contribution >= 4 is 6.08 Å². The summed E-state index contributed by atoms with van der Waals surface area (Å²) in [5.74, 6) is 1.18. The molecule has 0 spiro atoms. The van der Waals surface area contributed by atoms with E-state index in [2.05, 4.69) is 24.9 Å². The van der Waals surface area contributed by atoms with Crippen LogP contribution in [-0.2, 0) is 0 Å². The molecular weight excluding hydrogens is 210 g/mol. The molecule has 90 valence electrons. The highest BCUT2D eigenvalue weighted by Gasteiger charge is 2.55. The molecule has 17 heavy (non-hydrogen) atoms. The summed E-state index contributed by atoms with van der Waals surface area (Å²) in [7, 11) is 0. The van der Waals surface area contributed by atoms with Crippen LogP contribution in [-0.4, -0.2) is 16.2 Å². The molecule has 1 N–H and O–H groups in total. The van der Waals surface area contributed by atoms with E-state index in [1.807, 2.05) is 18.2 Å². The fourth-order valence-electron chi connectivity index (χ4n) is 3.40. The molecule has 0 radical (unpaired) electrons. The van der Waals surface area contributed by atoms with Crippen molar-refractivity contribution in [3.05, 3.63) is 35.7 Å². The van der Waals surface area contributed by atoms with Gasteiger partial charge in [0.2, 0.25) is 0 Å². The lowest BCUT2D eigenvalue weighted by molar-refractivity contribution is -0.110. The molecule has 0 amide bonds. The van der Waals surface area contributed by atoms with Crippen LogP contribution in [0.4, 0.5) is 0 Å². The Kier molecular flexibility index (Phi) is 2.37. The van der Waals surface area contributed by atoms with Crippen LogP contribution in [0.1, 0.15) is 32.4 Å². The number of hydrogen-bond acceptors (Lipinski definition) is 2. The van der Waals surface area contributed by atoms with Gasteiger partial charge >= 0.3 is 0 Å². The van der Waals surface area contributed by atoms with Crippen molar-refractivity contribution in [2.24, 2.45) is 17.3 Å². The third kappa shape index (κ3) is 1.62. The van der Waals surface area contributed by atoms with E-state index in [0.29, 0.717) is 11.3 Å². The van der Waals surface area contributed by atoms with Crippen LogP contribution >= 0.6 is 0 Å². The Morgan fingerprint density at radius 1 is 1.41 bits per heavy atom. The molecule has 2 bridgehead atoms. The van der Waals surface area contributed by atoms with Crippen LogP contribution in [0, 0.1) is 17.3 Å². The molecule has 1 aromatic rings. The lowest BCUT2D eigenvalue weighted by atomic mass is 9.47. The first-order chi connectivity index (χ1) is 8.09. The van der Waals surface area contributed by atoms with Crippen LogP contribution in [0.15, 0.2) is 30.0 Å². The Morgan fingerprint density at radius 2 is 2.24 bits per heavy atom. The summed E-state index contributed by atoms with van der Waals surface area (Å²) in [5, 5.41) is 10.4. The highest BCUT2D eigenvalue weighted by atomic mass is 16.3. The van der Waals surface area contributed by atoms with E-state index < -0.39 is 0 Å². The van der Waals surface area contributed by atoms with Crippen molar-refractivity contribution in [3.63, 3.8) is 0 Å². The van der Waals surface area contributed by atoms with Crippen molar-refractivity contribution in [2.75, 3.05) is 0 Å². The van der Waals surface area contributed by atoms with Gasteiger partial charge in [-0.2, -0.15) is 0 Å². The van der Waals surface area contributed by atoms with Crippen molar-refractivity contribution in [1.82, 2.24) is 4.98 Å². The monoisotopic (exact) mass is 229 g/mol. The van der Waals surface area contributed by atoms with Gasteiger partial charge in [0.05, 0.1) is 11.8 Å². The predicted molar refractivity (Wildman–Crippen MR) is 68.2 cm³/mol. The van der Waals surface area contributed by atoms with Crippen molar-refractivity contribution in [1.29, 1.82) is 0 Å². The molecule has 0 aromatic carbocycles. The summed E-state index contributed by atoms with van der Waals surface area (Å²) < 4.78 is 0. The summed E-state index contributed by atoms with van der Waals surface area (Å²) >= 11 is 0. The standard InChI is InChI=1S/C15H19NO/c1-15(2)11-7-10(14(17)13(15)9-11)8-12-5-3-4-6-16-12/h3-6,8,11,13-14,17H,7,9H2,1-2H3/b10-8+/t11-,13-,14+/m0/s1. The smallest absolute Gasteiger partial charge is 0.0787 e. The molecule has 0 aliphatic heterocycles. The third-order valence-electron chi connectivity index (χ3n) is 4.81. The highest BCUT2D eigenvalue weighted by Crippen LogP contribution is 2.60. The van der Waals surface area contributed by atoms with Crippen molar-refractivity contribution in [2.45, 2.75) is 32.8 Å². The number of aliphatic hydroxyl groups is 1. The third-order valence-corrected chi connectivity index (χ3v) is 4.81. The quantitative estimate of drug-likeness (QED) is 0.803. The van der Waals surface area contributed by atoms with Gasteiger partial charge in [-0.25, -0.2) is 0 Å². The van der Waals surface area contributed by atoms with E-state index in [0.717, 1.165) is 18.0 Å². The Balaban J connectivity index is 1.86. The van der Waals surface area contributed by atoms with E-state index in [9.17, 15) is 5.11 Å². The molecule has 1 heterocycles. The summed E-state index contributed by atoms with van der Waals surface area (Å²) in [4.78, 5) is 4.30. The van der Waals surface area contributed by atoms with E-state index in [-0.39, 0.29) is 6.10 Å².